The molecule has 1 fully saturated rings. The second kappa shape index (κ2) is 5.81. The van der Waals surface area contributed by atoms with Gasteiger partial charge in [-0.25, -0.2) is 4.68 Å². The Labute approximate surface area is 131 Å². The zero-order chi connectivity index (χ0) is 15.7. The molecule has 2 N–H and O–H groups in total. The number of nitrogens with one attached hydrogen (secondary N) is 1. The number of hydrogen-bond donors (Lipinski definition) is 2. The van der Waals surface area contributed by atoms with Crippen LogP contribution in [0.15, 0.2) is 36.5 Å². The third-order valence-electron chi connectivity index (χ3n) is 3.72. The van der Waals surface area contributed by atoms with Crippen molar-refractivity contribution < 1.29 is 14.7 Å². The molecule has 0 unspecified atom stereocenters. The van der Waals surface area contributed by atoms with Crippen LogP contribution in [0, 0.1) is 5.92 Å². The minimum absolute atomic E-state index is 0.0927. The van der Waals surface area contributed by atoms with E-state index in [2.05, 4.69) is 10.4 Å². The van der Waals surface area contributed by atoms with E-state index in [-0.39, 0.29) is 17.9 Å². The molecule has 2 aromatic rings. The third kappa shape index (κ3) is 2.96. The zero-order valence-electron chi connectivity index (χ0n) is 11.6. The van der Waals surface area contributed by atoms with Gasteiger partial charge in [0, 0.05) is 17.3 Å². The zero-order valence-corrected chi connectivity index (χ0v) is 12.3. The largest absolute Gasteiger partial charge is 0.481 e. The molecule has 1 saturated carbocycles. The Hall–Kier alpha value is -2.34. The molecule has 22 heavy (non-hydrogen) atoms. The van der Waals surface area contributed by atoms with Crippen molar-refractivity contribution in [2.45, 2.75) is 18.9 Å². The Bertz CT molecular complexity index is 722. The Balaban J connectivity index is 1.64. The monoisotopic (exact) mass is 319 g/mol. The SMILES string of the molecule is O=C(NC1CC(C(=O)O)C1)c1ccn(-c2cccc(Cl)c2)n1. The van der Waals surface area contributed by atoms with E-state index < -0.39 is 5.97 Å². The molecule has 0 bridgehead atoms. The van der Waals surface area contributed by atoms with Crippen LogP contribution in [0.5, 0.6) is 0 Å². The highest BCUT2D eigenvalue weighted by atomic mass is 35.5. The van der Waals surface area contributed by atoms with Crippen LogP contribution in [-0.4, -0.2) is 32.8 Å². The summed E-state index contributed by atoms with van der Waals surface area (Å²) in [5.41, 5.74) is 1.06. The number of aromatic nitrogens is 2. The van der Waals surface area contributed by atoms with Crippen LogP contribution in [0.1, 0.15) is 23.3 Å². The summed E-state index contributed by atoms with van der Waals surface area (Å²) < 4.78 is 1.57. The number of halogens is 1. The maximum atomic E-state index is 12.1. The van der Waals surface area contributed by atoms with Gasteiger partial charge >= 0.3 is 5.97 Å². The lowest BCUT2D eigenvalue weighted by atomic mass is 9.80. The van der Waals surface area contributed by atoms with Gasteiger partial charge in [0.1, 0.15) is 0 Å². The summed E-state index contributed by atoms with van der Waals surface area (Å²) in [5.74, 6) is -1.46. The molecule has 0 aliphatic heterocycles. The fourth-order valence-corrected chi connectivity index (χ4v) is 2.59. The number of carbonyl (C=O) groups is 2. The van der Waals surface area contributed by atoms with Crippen LogP contribution in [0.2, 0.25) is 5.02 Å². The fraction of sp³-hybridized carbons (Fsp3) is 0.267. The van der Waals surface area contributed by atoms with E-state index in [0.717, 1.165) is 5.69 Å². The van der Waals surface area contributed by atoms with Crippen molar-refractivity contribution in [1.29, 1.82) is 0 Å². The van der Waals surface area contributed by atoms with Crippen molar-refractivity contribution in [3.63, 3.8) is 0 Å². The number of carboxylic acids is 1. The maximum Gasteiger partial charge on any atom is 0.306 e. The first kappa shape index (κ1) is 14.6. The summed E-state index contributed by atoms with van der Waals surface area (Å²) in [4.78, 5) is 22.8. The van der Waals surface area contributed by atoms with Crippen LogP contribution < -0.4 is 5.32 Å². The van der Waals surface area contributed by atoms with Crippen molar-refractivity contribution in [3.8, 4) is 5.69 Å². The summed E-state index contributed by atoms with van der Waals surface area (Å²) in [5, 5.41) is 16.4. The predicted octanol–water partition coefficient (Wildman–Crippen LogP) is 2.12. The summed E-state index contributed by atoms with van der Waals surface area (Å²) >= 11 is 5.93. The van der Waals surface area contributed by atoms with Gasteiger partial charge in [0.15, 0.2) is 5.69 Å². The minimum Gasteiger partial charge on any atom is -0.481 e. The number of rotatable bonds is 4. The highest BCUT2D eigenvalue weighted by Gasteiger charge is 2.35. The van der Waals surface area contributed by atoms with E-state index in [9.17, 15) is 9.59 Å². The van der Waals surface area contributed by atoms with Crippen molar-refractivity contribution in [2.24, 2.45) is 5.92 Å². The van der Waals surface area contributed by atoms with Gasteiger partial charge in [-0.2, -0.15) is 5.10 Å². The molecular weight excluding hydrogens is 306 g/mol. The van der Waals surface area contributed by atoms with Gasteiger partial charge in [-0.3, -0.25) is 9.59 Å². The first-order chi connectivity index (χ1) is 10.5. The van der Waals surface area contributed by atoms with E-state index >= 15 is 0 Å². The molecule has 0 atom stereocenters. The summed E-state index contributed by atoms with van der Waals surface area (Å²) in [6.45, 7) is 0. The van der Waals surface area contributed by atoms with E-state index in [0.29, 0.717) is 23.6 Å². The van der Waals surface area contributed by atoms with Gasteiger partial charge in [-0.15, -0.1) is 0 Å². The molecule has 1 heterocycles. The lowest BCUT2D eigenvalue weighted by Gasteiger charge is -2.32. The number of amides is 1. The van der Waals surface area contributed by atoms with Gasteiger partial charge in [-0.05, 0) is 37.1 Å². The second-order valence-electron chi connectivity index (χ2n) is 5.30. The van der Waals surface area contributed by atoms with Gasteiger partial charge < -0.3 is 10.4 Å². The van der Waals surface area contributed by atoms with Crippen molar-refractivity contribution in [2.75, 3.05) is 0 Å². The Morgan fingerprint density at radius 1 is 1.32 bits per heavy atom. The number of nitrogens with zero attached hydrogens (tertiary/aromatic N) is 2. The van der Waals surface area contributed by atoms with E-state index in [1.807, 2.05) is 6.07 Å². The maximum absolute atomic E-state index is 12.1. The number of aliphatic carboxylic acids is 1. The van der Waals surface area contributed by atoms with Crippen molar-refractivity contribution >= 4 is 23.5 Å². The molecular formula is C15H14ClN3O3. The van der Waals surface area contributed by atoms with Gasteiger partial charge in [0.05, 0.1) is 11.6 Å². The second-order valence-corrected chi connectivity index (χ2v) is 5.74. The minimum atomic E-state index is -0.810. The standard InChI is InChI=1S/C15H14ClN3O3/c16-10-2-1-3-12(8-10)19-5-4-13(18-19)14(20)17-11-6-9(7-11)15(21)22/h1-5,8-9,11H,6-7H2,(H,17,20)(H,21,22). The molecule has 1 aliphatic rings. The Morgan fingerprint density at radius 3 is 2.77 bits per heavy atom. The molecule has 6 nitrogen and oxygen atoms in total. The fourth-order valence-electron chi connectivity index (χ4n) is 2.40. The first-order valence-corrected chi connectivity index (χ1v) is 7.26. The highest BCUT2D eigenvalue weighted by Crippen LogP contribution is 2.27. The van der Waals surface area contributed by atoms with Gasteiger partial charge in [0.25, 0.3) is 5.91 Å². The summed E-state index contributed by atoms with van der Waals surface area (Å²) in [6.07, 6.45) is 2.62. The molecule has 0 radical (unpaired) electrons. The van der Waals surface area contributed by atoms with Crippen LogP contribution >= 0.6 is 11.6 Å². The van der Waals surface area contributed by atoms with E-state index in [4.69, 9.17) is 16.7 Å². The quantitative estimate of drug-likeness (QED) is 0.904. The lowest BCUT2D eigenvalue weighted by Crippen LogP contribution is -2.46. The first-order valence-electron chi connectivity index (χ1n) is 6.88. The lowest BCUT2D eigenvalue weighted by molar-refractivity contribution is -0.145. The smallest absolute Gasteiger partial charge is 0.306 e. The molecule has 7 heteroatoms. The van der Waals surface area contributed by atoms with Crippen LogP contribution in [0.4, 0.5) is 0 Å². The summed E-state index contributed by atoms with van der Waals surface area (Å²) in [7, 11) is 0. The van der Waals surface area contributed by atoms with Crippen molar-refractivity contribution in [3.05, 3.63) is 47.2 Å². The molecule has 1 aromatic carbocycles. The van der Waals surface area contributed by atoms with E-state index in [1.165, 1.54) is 0 Å². The molecule has 0 saturated heterocycles. The van der Waals surface area contributed by atoms with Gasteiger partial charge in [-0.1, -0.05) is 17.7 Å². The topological polar surface area (TPSA) is 84.2 Å². The molecule has 1 aliphatic carbocycles. The normalized spacial score (nSPS) is 20.2. The average molecular weight is 320 g/mol. The molecule has 0 spiro atoms. The Kier molecular flexibility index (Phi) is 3.85. The van der Waals surface area contributed by atoms with E-state index in [1.54, 1.807) is 35.1 Å². The van der Waals surface area contributed by atoms with Crippen LogP contribution in [0.3, 0.4) is 0 Å². The molecule has 1 amide bonds. The average Bonchev–Trinajstić information content (AvgIpc) is 2.91. The van der Waals surface area contributed by atoms with Crippen LogP contribution in [0.25, 0.3) is 5.69 Å². The highest BCUT2D eigenvalue weighted by molar-refractivity contribution is 6.30. The molecule has 1 aromatic heterocycles. The third-order valence-corrected chi connectivity index (χ3v) is 3.95. The number of benzene rings is 1. The number of carbonyl (C=O) groups excluding carboxylic acids is 1. The molecule has 114 valence electrons. The van der Waals surface area contributed by atoms with Crippen LogP contribution in [-0.2, 0) is 4.79 Å². The summed E-state index contributed by atoms with van der Waals surface area (Å²) in [6, 6.07) is 8.68. The number of hydrogen-bond acceptors (Lipinski definition) is 3. The van der Waals surface area contributed by atoms with Crippen molar-refractivity contribution in [1.82, 2.24) is 15.1 Å². The molecule has 3 rings (SSSR count). The van der Waals surface area contributed by atoms with Gasteiger partial charge in [0.2, 0.25) is 0 Å². The predicted molar refractivity (Wildman–Crippen MR) is 80.2 cm³/mol. The number of carboxylic acid groups (broad SMARTS) is 1. The Morgan fingerprint density at radius 2 is 2.09 bits per heavy atom.